The molecule has 1 aliphatic heterocycles. The van der Waals surface area contributed by atoms with E-state index in [1.54, 1.807) is 0 Å². The number of sulfonamides is 1. The molecular formula is C16H23FN2O5S2. The van der Waals surface area contributed by atoms with E-state index in [9.17, 15) is 26.0 Å². The first-order chi connectivity index (χ1) is 12.0. The number of hydrogen-bond donors (Lipinski definition) is 1. The van der Waals surface area contributed by atoms with Gasteiger partial charge in [0.2, 0.25) is 15.9 Å². The number of sulfone groups is 1. The van der Waals surface area contributed by atoms with Gasteiger partial charge in [-0.3, -0.25) is 4.79 Å². The van der Waals surface area contributed by atoms with Crippen LogP contribution < -0.4 is 4.72 Å². The monoisotopic (exact) mass is 406 g/mol. The maximum Gasteiger partial charge on any atom is 0.243 e. The highest BCUT2D eigenvalue weighted by Gasteiger charge is 2.39. The van der Waals surface area contributed by atoms with Gasteiger partial charge in [-0.2, -0.15) is 0 Å². The van der Waals surface area contributed by atoms with Gasteiger partial charge in [0.05, 0.1) is 11.0 Å². The molecule has 1 aliphatic rings. The van der Waals surface area contributed by atoms with Gasteiger partial charge in [-0.15, -0.1) is 0 Å². The number of rotatable bonds is 8. The van der Waals surface area contributed by atoms with Crippen LogP contribution in [0.4, 0.5) is 4.39 Å². The van der Waals surface area contributed by atoms with Gasteiger partial charge in [0.1, 0.15) is 10.7 Å². The van der Waals surface area contributed by atoms with Gasteiger partial charge in [0.25, 0.3) is 0 Å². The Balaban J connectivity index is 1.81. The zero-order chi connectivity index (χ0) is 19.5. The molecule has 1 amide bonds. The number of halogens is 1. The van der Waals surface area contributed by atoms with Gasteiger partial charge in [0.15, 0.2) is 9.84 Å². The van der Waals surface area contributed by atoms with Crippen LogP contribution in [0.25, 0.3) is 0 Å². The van der Waals surface area contributed by atoms with Crippen molar-refractivity contribution in [3.8, 4) is 0 Å². The number of hydrogen-bond acceptors (Lipinski definition) is 5. The van der Waals surface area contributed by atoms with Crippen LogP contribution in [-0.2, 0) is 24.7 Å². The lowest BCUT2D eigenvalue weighted by Crippen LogP contribution is -2.57. The Morgan fingerprint density at radius 3 is 2.42 bits per heavy atom. The Bertz CT molecular complexity index is 862. The Morgan fingerprint density at radius 1 is 1.23 bits per heavy atom. The Morgan fingerprint density at radius 2 is 1.85 bits per heavy atom. The van der Waals surface area contributed by atoms with E-state index in [0.29, 0.717) is 0 Å². The predicted octanol–water partition coefficient (Wildman–Crippen LogP) is 0.776. The first-order valence-corrected chi connectivity index (χ1v) is 11.5. The first-order valence-electron chi connectivity index (χ1n) is 8.26. The normalized spacial score (nSPS) is 15.9. The predicted molar refractivity (Wildman–Crippen MR) is 95.2 cm³/mol. The molecule has 0 spiro atoms. The molecule has 10 heteroatoms. The zero-order valence-electron chi connectivity index (χ0n) is 14.7. The van der Waals surface area contributed by atoms with Crippen LogP contribution in [0.2, 0.25) is 0 Å². The van der Waals surface area contributed by atoms with E-state index >= 15 is 0 Å². The highest BCUT2D eigenvalue weighted by Crippen LogP contribution is 2.20. The zero-order valence-corrected chi connectivity index (χ0v) is 16.3. The Labute approximate surface area is 153 Å². The highest BCUT2D eigenvalue weighted by atomic mass is 32.2. The molecule has 1 fully saturated rings. The molecule has 1 aromatic carbocycles. The molecule has 1 N–H and O–H groups in total. The van der Waals surface area contributed by atoms with Gasteiger partial charge >= 0.3 is 0 Å². The Hall–Kier alpha value is -1.52. The molecule has 0 atom stereocenters. The fourth-order valence-electron chi connectivity index (χ4n) is 2.66. The molecule has 0 radical (unpaired) electrons. The Kier molecular flexibility index (Phi) is 6.41. The van der Waals surface area contributed by atoms with E-state index in [1.807, 2.05) is 13.8 Å². The number of amides is 1. The van der Waals surface area contributed by atoms with Gasteiger partial charge < -0.3 is 4.90 Å². The molecule has 7 nitrogen and oxygen atoms in total. The molecule has 0 bridgehead atoms. The van der Waals surface area contributed by atoms with Crippen molar-refractivity contribution >= 4 is 25.8 Å². The molecule has 0 unspecified atom stereocenters. The number of nitrogens with zero attached hydrogens (tertiary/aromatic N) is 1. The van der Waals surface area contributed by atoms with E-state index in [4.69, 9.17) is 0 Å². The molecule has 0 saturated carbocycles. The minimum Gasteiger partial charge on any atom is -0.340 e. The molecule has 146 valence electrons. The van der Waals surface area contributed by atoms with Gasteiger partial charge in [-0.1, -0.05) is 26.0 Å². The second-order valence-corrected chi connectivity index (χ2v) is 10.8. The summed E-state index contributed by atoms with van der Waals surface area (Å²) in [7, 11) is -7.26. The van der Waals surface area contributed by atoms with Crippen molar-refractivity contribution in [2.45, 2.75) is 30.4 Å². The fraction of sp³-hybridized carbons (Fsp3) is 0.562. The van der Waals surface area contributed by atoms with Crippen molar-refractivity contribution in [1.29, 1.82) is 0 Å². The summed E-state index contributed by atoms with van der Waals surface area (Å²) in [5.41, 5.74) is 0. The molecule has 1 heterocycles. The number of nitrogens with one attached hydrogen (secondary N) is 1. The van der Waals surface area contributed by atoms with E-state index in [-0.39, 0.29) is 43.6 Å². The summed E-state index contributed by atoms with van der Waals surface area (Å²) in [6, 6.07) is 4.96. The molecule has 1 aromatic rings. The van der Waals surface area contributed by atoms with Crippen LogP contribution in [0.3, 0.4) is 0 Å². The van der Waals surface area contributed by atoms with Crippen molar-refractivity contribution in [3.63, 3.8) is 0 Å². The lowest BCUT2D eigenvalue weighted by Gasteiger charge is -2.39. The van der Waals surface area contributed by atoms with Crippen molar-refractivity contribution < 1.29 is 26.0 Å². The van der Waals surface area contributed by atoms with E-state index in [0.717, 1.165) is 12.1 Å². The second-order valence-electron chi connectivity index (χ2n) is 6.72. The summed E-state index contributed by atoms with van der Waals surface area (Å²) >= 11 is 0. The van der Waals surface area contributed by atoms with Crippen LogP contribution in [0.15, 0.2) is 29.2 Å². The third-order valence-electron chi connectivity index (χ3n) is 4.03. The second kappa shape index (κ2) is 8.01. The van der Waals surface area contributed by atoms with Crippen molar-refractivity contribution in [3.05, 3.63) is 30.1 Å². The van der Waals surface area contributed by atoms with Crippen LogP contribution in [0.5, 0.6) is 0 Å². The molecule has 0 aliphatic carbocycles. The van der Waals surface area contributed by atoms with Crippen LogP contribution in [-0.4, -0.2) is 58.3 Å². The minimum atomic E-state index is -4.04. The number of carbonyl (C=O) groups excluding carboxylic acids is 1. The third kappa shape index (κ3) is 5.01. The van der Waals surface area contributed by atoms with Crippen molar-refractivity contribution in [1.82, 2.24) is 9.62 Å². The smallest absolute Gasteiger partial charge is 0.243 e. The van der Waals surface area contributed by atoms with Crippen LogP contribution in [0, 0.1) is 11.7 Å². The fourth-order valence-corrected chi connectivity index (χ4v) is 5.78. The summed E-state index contributed by atoms with van der Waals surface area (Å²) < 4.78 is 63.9. The molecule has 26 heavy (non-hydrogen) atoms. The SMILES string of the molecule is CC(C)CS(=O)(=O)C1CN(C(=O)CCNS(=O)(=O)c2ccccc2F)C1. The van der Waals surface area contributed by atoms with E-state index in [2.05, 4.69) is 4.72 Å². The molecule has 1 saturated heterocycles. The quantitative estimate of drug-likeness (QED) is 0.687. The maximum atomic E-state index is 13.6. The van der Waals surface area contributed by atoms with Gasteiger partial charge in [0, 0.05) is 26.1 Å². The van der Waals surface area contributed by atoms with E-state index in [1.165, 1.54) is 17.0 Å². The largest absolute Gasteiger partial charge is 0.340 e. The number of likely N-dealkylation sites (tertiary alicyclic amines) is 1. The number of benzene rings is 1. The molecule has 0 aromatic heterocycles. The van der Waals surface area contributed by atoms with Crippen LogP contribution >= 0.6 is 0 Å². The minimum absolute atomic E-state index is 0.0255. The summed E-state index contributed by atoms with van der Waals surface area (Å²) in [5, 5.41) is -0.552. The summed E-state index contributed by atoms with van der Waals surface area (Å²) in [5.74, 6) is -1.09. The van der Waals surface area contributed by atoms with Crippen molar-refractivity contribution in [2.24, 2.45) is 5.92 Å². The molecular weight excluding hydrogens is 383 g/mol. The average molecular weight is 407 g/mol. The van der Waals surface area contributed by atoms with E-state index < -0.39 is 35.8 Å². The average Bonchev–Trinajstić information content (AvgIpc) is 2.43. The van der Waals surface area contributed by atoms with Gasteiger partial charge in [-0.25, -0.2) is 25.9 Å². The number of carbonyl (C=O) groups is 1. The first kappa shape index (κ1) is 20.8. The summed E-state index contributed by atoms with van der Waals surface area (Å²) in [6.45, 7) is 3.72. The lowest BCUT2D eigenvalue weighted by atomic mass is 10.2. The summed E-state index contributed by atoms with van der Waals surface area (Å²) in [4.78, 5) is 12.9. The van der Waals surface area contributed by atoms with Crippen LogP contribution in [0.1, 0.15) is 20.3 Å². The third-order valence-corrected chi connectivity index (χ3v) is 7.97. The maximum absolute atomic E-state index is 13.6. The highest BCUT2D eigenvalue weighted by molar-refractivity contribution is 7.92. The van der Waals surface area contributed by atoms with Crippen molar-refractivity contribution in [2.75, 3.05) is 25.4 Å². The standard InChI is InChI=1S/C16H23FN2O5S2/c1-12(2)11-25(21,22)13-9-19(10-13)16(20)7-8-18-26(23,24)15-6-4-3-5-14(15)17/h3-6,12-13,18H,7-11H2,1-2H3. The van der Waals surface area contributed by atoms with Gasteiger partial charge in [-0.05, 0) is 18.1 Å². The summed E-state index contributed by atoms with van der Waals surface area (Å²) in [6.07, 6.45) is -0.120. The molecule has 2 rings (SSSR count). The topological polar surface area (TPSA) is 101 Å². The lowest BCUT2D eigenvalue weighted by molar-refractivity contribution is -0.134.